The molecule has 1 saturated heterocycles. The van der Waals surface area contributed by atoms with Crippen LogP contribution in [0, 0.1) is 29.6 Å². The molecule has 194 valence electrons. The first-order chi connectivity index (χ1) is 17.3. The summed E-state index contributed by atoms with van der Waals surface area (Å²) in [6.07, 6.45) is 4.50. The number of fused-ring (bicyclic) bond motifs is 2. The van der Waals surface area contributed by atoms with Crippen LogP contribution in [0.1, 0.15) is 34.1 Å². The van der Waals surface area contributed by atoms with Gasteiger partial charge >= 0.3 is 5.97 Å². The van der Waals surface area contributed by atoms with Crippen molar-refractivity contribution in [3.8, 4) is 0 Å². The number of allylic oxidation sites excluding steroid dienone is 1. The Balaban J connectivity index is 1.68. The number of aliphatic hydroxyl groups is 1. The van der Waals surface area contributed by atoms with Gasteiger partial charge in [-0.3, -0.25) is 14.4 Å². The Morgan fingerprint density at radius 1 is 1.19 bits per heavy atom. The quantitative estimate of drug-likeness (QED) is 0.399. The second kappa shape index (κ2) is 10.8. The Bertz CT molecular complexity index is 1140. The smallest absolute Gasteiger partial charge is 0.310 e. The maximum atomic E-state index is 13.9. The number of amides is 2. The summed E-state index contributed by atoms with van der Waals surface area (Å²) in [5.41, 5.74) is 1.49. The minimum atomic E-state index is -0.872. The summed E-state index contributed by atoms with van der Waals surface area (Å²) in [4.78, 5) is 42.1. The van der Waals surface area contributed by atoms with Gasteiger partial charge in [-0.05, 0) is 37.3 Å². The molecule has 6 atom stereocenters. The number of para-hydroxylation sites is 1. The number of hydrogen-bond acceptors (Lipinski definition) is 7. The van der Waals surface area contributed by atoms with Crippen molar-refractivity contribution in [2.45, 2.75) is 52.9 Å². The second-order valence-electron chi connectivity index (χ2n) is 9.80. The van der Waals surface area contributed by atoms with Gasteiger partial charge in [0.1, 0.15) is 18.2 Å². The molecule has 0 bridgehead atoms. The van der Waals surface area contributed by atoms with Crippen molar-refractivity contribution in [1.82, 2.24) is 25.2 Å². The number of aliphatic hydroxyl groups excluding tert-OH is 1. The standard InChI is InChI=1S/C26H35N5O5/c1-5-16-11-12-17-22(21(16)26(35)36-6-2)25(34)31(20(13-32)15(3)4)23(17)24(33)27-14-30-19-10-8-7-9-18(19)28-29-30/h7-12,15-17,20-23,32H,5-6,13-14H2,1-4H3,(H,27,33)/t16-,17+,20+,21-,22-,23+/m1/s1. The molecule has 1 fully saturated rings. The first-order valence-electron chi connectivity index (χ1n) is 12.7. The fraction of sp³-hybridized carbons (Fsp3) is 0.577. The fourth-order valence-electron chi connectivity index (χ4n) is 5.66. The van der Waals surface area contributed by atoms with Crippen LogP contribution in [0.15, 0.2) is 36.4 Å². The number of benzene rings is 1. The highest BCUT2D eigenvalue weighted by molar-refractivity contribution is 5.96. The number of ether oxygens (including phenoxy) is 1. The molecule has 2 aliphatic rings. The molecule has 1 aliphatic heterocycles. The zero-order chi connectivity index (χ0) is 26.0. The van der Waals surface area contributed by atoms with Crippen molar-refractivity contribution in [2.75, 3.05) is 13.2 Å². The van der Waals surface area contributed by atoms with Crippen molar-refractivity contribution in [3.05, 3.63) is 36.4 Å². The molecule has 36 heavy (non-hydrogen) atoms. The highest BCUT2D eigenvalue weighted by Gasteiger charge is 2.59. The Hall–Kier alpha value is -3.27. The molecular formula is C26H35N5O5. The number of carbonyl (C=O) groups is 3. The molecule has 0 unspecified atom stereocenters. The normalized spacial score (nSPS) is 26.3. The topological polar surface area (TPSA) is 127 Å². The summed E-state index contributed by atoms with van der Waals surface area (Å²) < 4.78 is 6.95. The maximum Gasteiger partial charge on any atom is 0.310 e. The van der Waals surface area contributed by atoms with Crippen LogP contribution in [0.5, 0.6) is 0 Å². The zero-order valence-corrected chi connectivity index (χ0v) is 21.2. The highest BCUT2D eigenvalue weighted by atomic mass is 16.5. The minimum Gasteiger partial charge on any atom is -0.466 e. The first kappa shape index (κ1) is 25.8. The van der Waals surface area contributed by atoms with Crippen molar-refractivity contribution >= 4 is 28.8 Å². The van der Waals surface area contributed by atoms with E-state index in [0.717, 1.165) is 5.52 Å². The van der Waals surface area contributed by atoms with Crippen molar-refractivity contribution in [1.29, 1.82) is 0 Å². The minimum absolute atomic E-state index is 0.0728. The average Bonchev–Trinajstić information content (AvgIpc) is 3.41. The third-order valence-corrected chi connectivity index (χ3v) is 7.48. The molecular weight excluding hydrogens is 462 g/mol. The molecule has 10 heteroatoms. The summed E-state index contributed by atoms with van der Waals surface area (Å²) in [5, 5.41) is 21.4. The van der Waals surface area contributed by atoms with Crippen molar-refractivity contribution in [2.24, 2.45) is 29.6 Å². The van der Waals surface area contributed by atoms with Gasteiger partial charge in [0.05, 0.1) is 36.6 Å². The van der Waals surface area contributed by atoms with E-state index in [-0.39, 0.29) is 43.5 Å². The molecule has 0 radical (unpaired) electrons. The lowest BCUT2D eigenvalue weighted by atomic mass is 9.69. The molecule has 4 rings (SSSR count). The van der Waals surface area contributed by atoms with E-state index in [1.54, 1.807) is 11.6 Å². The van der Waals surface area contributed by atoms with Crippen LogP contribution in [0.2, 0.25) is 0 Å². The Labute approximate surface area is 210 Å². The predicted molar refractivity (Wildman–Crippen MR) is 132 cm³/mol. The number of nitrogens with one attached hydrogen (secondary N) is 1. The Kier molecular flexibility index (Phi) is 7.73. The van der Waals surface area contributed by atoms with Crippen LogP contribution >= 0.6 is 0 Å². The van der Waals surface area contributed by atoms with E-state index in [1.165, 1.54) is 4.90 Å². The lowest BCUT2D eigenvalue weighted by Gasteiger charge is -2.35. The Morgan fingerprint density at radius 2 is 1.94 bits per heavy atom. The number of esters is 1. The third kappa shape index (κ3) is 4.50. The number of likely N-dealkylation sites (tertiary alicyclic amines) is 1. The van der Waals surface area contributed by atoms with Crippen molar-refractivity contribution in [3.63, 3.8) is 0 Å². The van der Waals surface area contributed by atoms with Crippen LogP contribution < -0.4 is 5.32 Å². The van der Waals surface area contributed by atoms with Crippen LogP contribution in [-0.2, 0) is 25.8 Å². The van der Waals surface area contributed by atoms with E-state index in [0.29, 0.717) is 11.9 Å². The maximum absolute atomic E-state index is 13.9. The first-order valence-corrected chi connectivity index (χ1v) is 12.7. The van der Waals surface area contributed by atoms with Gasteiger partial charge in [0, 0.05) is 5.92 Å². The van der Waals surface area contributed by atoms with Gasteiger partial charge in [0.2, 0.25) is 11.8 Å². The van der Waals surface area contributed by atoms with Gasteiger partial charge in [-0.15, -0.1) is 5.10 Å². The largest absolute Gasteiger partial charge is 0.466 e. The number of aromatic nitrogens is 3. The van der Waals surface area contributed by atoms with Gasteiger partial charge < -0.3 is 20.1 Å². The van der Waals surface area contributed by atoms with E-state index < -0.39 is 35.8 Å². The summed E-state index contributed by atoms with van der Waals surface area (Å²) >= 11 is 0. The molecule has 0 saturated carbocycles. The molecule has 2 aromatic rings. The van der Waals surface area contributed by atoms with E-state index in [2.05, 4.69) is 15.6 Å². The molecule has 0 spiro atoms. The summed E-state index contributed by atoms with van der Waals surface area (Å²) in [7, 11) is 0. The predicted octanol–water partition coefficient (Wildman–Crippen LogP) is 1.74. The summed E-state index contributed by atoms with van der Waals surface area (Å²) in [6.45, 7) is 7.51. The monoisotopic (exact) mass is 497 g/mol. The van der Waals surface area contributed by atoms with Crippen LogP contribution in [0.4, 0.5) is 0 Å². The zero-order valence-electron chi connectivity index (χ0n) is 21.2. The summed E-state index contributed by atoms with van der Waals surface area (Å²) in [6, 6.07) is 5.99. The lowest BCUT2D eigenvalue weighted by Crippen LogP contribution is -2.54. The average molecular weight is 498 g/mol. The SMILES string of the molecule is CCOC(=O)[C@H]1[C@@H]2C(=O)N([C@@H](CO)C(C)C)[C@H](C(=O)NCn3nnc4ccccc43)[C@H]2C=C[C@H]1CC. The summed E-state index contributed by atoms with van der Waals surface area (Å²) in [5.74, 6) is -3.26. The number of rotatable bonds is 9. The highest BCUT2D eigenvalue weighted by Crippen LogP contribution is 2.46. The van der Waals surface area contributed by atoms with E-state index >= 15 is 0 Å². The van der Waals surface area contributed by atoms with Crippen molar-refractivity contribution < 1.29 is 24.2 Å². The van der Waals surface area contributed by atoms with E-state index in [4.69, 9.17) is 4.74 Å². The van der Waals surface area contributed by atoms with Gasteiger partial charge in [-0.2, -0.15) is 0 Å². The van der Waals surface area contributed by atoms with Gasteiger partial charge in [0.15, 0.2) is 0 Å². The molecule has 10 nitrogen and oxygen atoms in total. The lowest BCUT2D eigenvalue weighted by molar-refractivity contribution is -0.156. The molecule has 1 aromatic carbocycles. The second-order valence-corrected chi connectivity index (χ2v) is 9.80. The van der Waals surface area contributed by atoms with Gasteiger partial charge in [-0.1, -0.05) is 50.3 Å². The van der Waals surface area contributed by atoms with Gasteiger partial charge in [0.25, 0.3) is 0 Å². The molecule has 2 amide bonds. The van der Waals surface area contributed by atoms with Crippen LogP contribution in [0.3, 0.4) is 0 Å². The number of carbonyl (C=O) groups excluding carboxylic acids is 3. The van der Waals surface area contributed by atoms with Crippen LogP contribution in [0.25, 0.3) is 11.0 Å². The molecule has 1 aliphatic carbocycles. The fourth-order valence-corrected chi connectivity index (χ4v) is 5.66. The van der Waals surface area contributed by atoms with E-state index in [1.807, 2.05) is 57.2 Å². The van der Waals surface area contributed by atoms with Gasteiger partial charge in [-0.25, -0.2) is 4.68 Å². The number of hydrogen-bond donors (Lipinski definition) is 2. The Morgan fingerprint density at radius 3 is 2.61 bits per heavy atom. The molecule has 1 aromatic heterocycles. The number of nitrogens with zero attached hydrogens (tertiary/aromatic N) is 4. The van der Waals surface area contributed by atoms with Crippen LogP contribution in [-0.4, -0.2) is 68.1 Å². The third-order valence-electron chi connectivity index (χ3n) is 7.48. The molecule has 2 N–H and O–H groups in total. The molecule has 2 heterocycles. The van der Waals surface area contributed by atoms with E-state index in [9.17, 15) is 19.5 Å².